The third-order valence-electron chi connectivity index (χ3n) is 7.52. The molecule has 0 atom stereocenters. The minimum Gasteiger partial charge on any atom is -0.490 e. The second-order valence-corrected chi connectivity index (χ2v) is 11.4. The Morgan fingerprint density at radius 2 is 1.38 bits per heavy atom. The number of carboxylic acid groups (broad SMARTS) is 2. The van der Waals surface area contributed by atoms with E-state index in [1.54, 1.807) is 44.2 Å². The van der Waals surface area contributed by atoms with Gasteiger partial charge in [-0.25, -0.2) is 19.0 Å². The van der Waals surface area contributed by atoms with Crippen molar-refractivity contribution < 1.29 is 29.3 Å². The molecule has 3 aromatic carbocycles. The van der Waals surface area contributed by atoms with Crippen molar-refractivity contribution in [3.05, 3.63) is 138 Å². The Bertz CT molecular complexity index is 2020. The van der Waals surface area contributed by atoms with Crippen molar-refractivity contribution >= 4 is 27.9 Å². The van der Waals surface area contributed by atoms with E-state index >= 15 is 0 Å². The van der Waals surface area contributed by atoms with Gasteiger partial charge in [0.15, 0.2) is 11.5 Å². The molecule has 13 heteroatoms. The molecule has 0 aliphatic carbocycles. The standard InChI is InChI=1S/C34H31BrN4O8/c1-5-13-47-30-25(35)16-22(17-26(30)46-6-2)29(27-18(3)36-38(31(27)40)23-11-7-9-20(14-23)33(42)43)28-19(4)37-39(32(28)41)24-12-8-10-21(15-24)34(44)45/h5,7-12,14-17,29,36-37H,1,6,13H2,2-4H3,(H,42,43)(H,44,45). The number of carboxylic acids is 2. The molecule has 47 heavy (non-hydrogen) atoms. The van der Waals surface area contributed by atoms with Crippen LogP contribution in [-0.4, -0.2) is 54.9 Å². The highest BCUT2D eigenvalue weighted by Gasteiger charge is 2.32. The van der Waals surface area contributed by atoms with Crippen LogP contribution in [0.4, 0.5) is 0 Å². The maximum atomic E-state index is 14.3. The van der Waals surface area contributed by atoms with Gasteiger partial charge >= 0.3 is 11.9 Å². The first kappa shape index (κ1) is 32.8. The van der Waals surface area contributed by atoms with Crippen LogP contribution in [-0.2, 0) is 0 Å². The Hall–Kier alpha value is -5.56. The van der Waals surface area contributed by atoms with E-state index in [9.17, 15) is 29.4 Å². The molecule has 0 aliphatic heterocycles. The highest BCUT2D eigenvalue weighted by molar-refractivity contribution is 9.10. The number of nitrogens with one attached hydrogen (secondary N) is 2. The third-order valence-corrected chi connectivity index (χ3v) is 8.11. The van der Waals surface area contributed by atoms with Gasteiger partial charge in [-0.15, -0.1) is 0 Å². The maximum absolute atomic E-state index is 14.3. The monoisotopic (exact) mass is 702 g/mol. The molecule has 0 aliphatic rings. The van der Waals surface area contributed by atoms with E-state index in [1.165, 1.54) is 45.8 Å². The second-order valence-electron chi connectivity index (χ2n) is 10.6. The number of rotatable bonds is 12. The summed E-state index contributed by atoms with van der Waals surface area (Å²) in [6.45, 7) is 9.41. The van der Waals surface area contributed by atoms with Gasteiger partial charge in [0.05, 0.1) is 44.7 Å². The van der Waals surface area contributed by atoms with Crippen molar-refractivity contribution in [2.75, 3.05) is 13.2 Å². The molecular formula is C34H31BrN4O8. The Balaban J connectivity index is 1.80. The lowest BCUT2D eigenvalue weighted by Crippen LogP contribution is -2.25. The number of benzene rings is 3. The zero-order valence-electron chi connectivity index (χ0n) is 25.7. The maximum Gasteiger partial charge on any atom is 0.335 e. The summed E-state index contributed by atoms with van der Waals surface area (Å²) in [5, 5.41) is 25.2. The summed E-state index contributed by atoms with van der Waals surface area (Å²) >= 11 is 3.58. The molecule has 0 unspecified atom stereocenters. The number of aromatic amines is 2. The van der Waals surface area contributed by atoms with E-state index in [4.69, 9.17) is 9.47 Å². The van der Waals surface area contributed by atoms with Gasteiger partial charge in [0.1, 0.15) is 6.61 Å². The number of H-pyrrole nitrogens is 2. The number of aryl methyl sites for hydroxylation is 2. The molecular weight excluding hydrogens is 672 g/mol. The van der Waals surface area contributed by atoms with Gasteiger partial charge in [-0.3, -0.25) is 19.8 Å². The summed E-state index contributed by atoms with van der Waals surface area (Å²) < 4.78 is 14.8. The molecule has 5 rings (SSSR count). The Morgan fingerprint density at radius 3 is 1.83 bits per heavy atom. The number of hydrogen-bond donors (Lipinski definition) is 4. The van der Waals surface area contributed by atoms with E-state index in [2.05, 4.69) is 32.7 Å². The number of nitrogens with zero attached hydrogens (tertiary/aromatic N) is 2. The van der Waals surface area contributed by atoms with E-state index in [-0.39, 0.29) is 28.9 Å². The minimum absolute atomic E-state index is 0.00638. The van der Waals surface area contributed by atoms with Gasteiger partial charge in [0, 0.05) is 17.3 Å². The van der Waals surface area contributed by atoms with Crippen LogP contribution in [0.1, 0.15) is 61.6 Å². The fourth-order valence-electron chi connectivity index (χ4n) is 5.50. The number of carbonyl (C=O) groups is 2. The molecule has 0 amide bonds. The lowest BCUT2D eigenvalue weighted by atomic mass is 9.85. The predicted molar refractivity (Wildman–Crippen MR) is 178 cm³/mol. The fraction of sp³-hybridized carbons (Fsp3) is 0.176. The average Bonchev–Trinajstić information content (AvgIpc) is 3.51. The summed E-state index contributed by atoms with van der Waals surface area (Å²) in [5.74, 6) is -2.49. The van der Waals surface area contributed by atoms with E-state index in [1.807, 2.05) is 6.92 Å². The SMILES string of the molecule is C=CCOc1c(Br)cc(C(c2c(C)[nH]n(-c3cccc(C(=O)O)c3)c2=O)c2c(C)[nH]n(-c3cccc(C(=O)O)c3)c2=O)cc1OCC. The first-order chi connectivity index (χ1) is 22.5. The van der Waals surface area contributed by atoms with Crippen molar-refractivity contribution in [2.45, 2.75) is 26.7 Å². The second kappa shape index (κ2) is 13.4. The van der Waals surface area contributed by atoms with Gasteiger partial charge in [0.2, 0.25) is 0 Å². The highest BCUT2D eigenvalue weighted by Crippen LogP contribution is 2.42. The lowest BCUT2D eigenvalue weighted by molar-refractivity contribution is 0.0686. The highest BCUT2D eigenvalue weighted by atomic mass is 79.9. The van der Waals surface area contributed by atoms with Crippen LogP contribution in [0.15, 0.2) is 87.4 Å². The molecule has 242 valence electrons. The summed E-state index contributed by atoms with van der Waals surface area (Å²) in [6, 6.07) is 15.3. The van der Waals surface area contributed by atoms with Gasteiger partial charge in [-0.2, -0.15) is 0 Å². The van der Waals surface area contributed by atoms with Crippen LogP contribution in [0.5, 0.6) is 11.5 Å². The van der Waals surface area contributed by atoms with Gasteiger partial charge in [-0.1, -0.05) is 24.8 Å². The van der Waals surface area contributed by atoms with Crippen molar-refractivity contribution in [2.24, 2.45) is 0 Å². The van der Waals surface area contributed by atoms with E-state index < -0.39 is 29.0 Å². The molecule has 0 bridgehead atoms. The van der Waals surface area contributed by atoms with Crippen LogP contribution >= 0.6 is 15.9 Å². The molecule has 2 heterocycles. The Labute approximate surface area is 276 Å². The van der Waals surface area contributed by atoms with Crippen LogP contribution in [0.2, 0.25) is 0 Å². The average molecular weight is 704 g/mol. The Kier molecular flexibility index (Phi) is 9.38. The van der Waals surface area contributed by atoms with Crippen LogP contribution in [0.25, 0.3) is 11.4 Å². The molecule has 2 aromatic heterocycles. The number of halogens is 1. The predicted octanol–water partition coefficient (Wildman–Crippen LogP) is 5.56. The molecule has 12 nitrogen and oxygen atoms in total. The van der Waals surface area contributed by atoms with Crippen LogP contribution < -0.4 is 20.6 Å². The number of hydrogen-bond acceptors (Lipinski definition) is 6. The number of ether oxygens (including phenoxy) is 2. The smallest absolute Gasteiger partial charge is 0.335 e. The minimum atomic E-state index is -1.15. The molecule has 0 radical (unpaired) electrons. The van der Waals surface area contributed by atoms with Crippen LogP contribution in [0, 0.1) is 13.8 Å². The number of aromatic nitrogens is 4. The quantitative estimate of drug-likeness (QED) is 0.122. The van der Waals surface area contributed by atoms with E-state index in [0.29, 0.717) is 50.9 Å². The fourth-order valence-corrected chi connectivity index (χ4v) is 6.07. The topological polar surface area (TPSA) is 169 Å². The number of aromatic carboxylic acids is 2. The van der Waals surface area contributed by atoms with Crippen molar-refractivity contribution in [3.8, 4) is 22.9 Å². The van der Waals surface area contributed by atoms with Crippen LogP contribution in [0.3, 0.4) is 0 Å². The summed E-state index contributed by atoms with van der Waals surface area (Å²) in [7, 11) is 0. The lowest BCUT2D eigenvalue weighted by Gasteiger charge is -2.20. The molecule has 0 fully saturated rings. The van der Waals surface area contributed by atoms with Crippen molar-refractivity contribution in [3.63, 3.8) is 0 Å². The molecule has 0 spiro atoms. The first-order valence-electron chi connectivity index (χ1n) is 14.5. The largest absolute Gasteiger partial charge is 0.490 e. The van der Waals surface area contributed by atoms with Crippen molar-refractivity contribution in [1.82, 2.24) is 19.6 Å². The summed E-state index contributed by atoms with van der Waals surface area (Å²) in [5.41, 5.74) is 1.40. The first-order valence-corrected chi connectivity index (χ1v) is 15.3. The Morgan fingerprint density at radius 1 is 0.872 bits per heavy atom. The molecule has 0 saturated carbocycles. The third kappa shape index (κ3) is 6.29. The summed E-state index contributed by atoms with van der Waals surface area (Å²) in [6.07, 6.45) is 1.59. The molecule has 5 aromatic rings. The summed E-state index contributed by atoms with van der Waals surface area (Å²) in [4.78, 5) is 52.0. The molecule has 4 N–H and O–H groups in total. The zero-order valence-corrected chi connectivity index (χ0v) is 27.3. The van der Waals surface area contributed by atoms with E-state index in [0.717, 1.165) is 0 Å². The van der Waals surface area contributed by atoms with Gasteiger partial charge in [0.25, 0.3) is 11.1 Å². The molecule has 0 saturated heterocycles. The van der Waals surface area contributed by atoms with Gasteiger partial charge < -0.3 is 19.7 Å². The normalized spacial score (nSPS) is 11.1. The van der Waals surface area contributed by atoms with Crippen molar-refractivity contribution in [1.29, 1.82) is 0 Å². The zero-order chi connectivity index (χ0) is 34.0. The van der Waals surface area contributed by atoms with Gasteiger partial charge in [-0.05, 0) is 90.8 Å².